The quantitative estimate of drug-likeness (QED) is 0.905. The summed E-state index contributed by atoms with van der Waals surface area (Å²) in [5.41, 5.74) is 0.713. The van der Waals surface area contributed by atoms with E-state index >= 15 is 0 Å². The van der Waals surface area contributed by atoms with Gasteiger partial charge in [-0.2, -0.15) is 0 Å². The molecule has 0 radical (unpaired) electrons. The van der Waals surface area contributed by atoms with Crippen LogP contribution >= 0.6 is 0 Å². The first-order chi connectivity index (χ1) is 9.52. The van der Waals surface area contributed by atoms with Gasteiger partial charge in [-0.05, 0) is 30.7 Å². The zero-order chi connectivity index (χ0) is 14.7. The zero-order valence-corrected chi connectivity index (χ0v) is 11.1. The van der Waals surface area contributed by atoms with Gasteiger partial charge in [0, 0.05) is 11.8 Å². The molecule has 2 aromatic carbocycles. The molecule has 1 amide bonds. The van der Waals surface area contributed by atoms with Gasteiger partial charge in [0.15, 0.2) is 11.5 Å². The zero-order valence-electron chi connectivity index (χ0n) is 11.1. The van der Waals surface area contributed by atoms with Crippen molar-refractivity contribution in [1.29, 1.82) is 0 Å². The summed E-state index contributed by atoms with van der Waals surface area (Å²) in [6, 6.07) is 9.01. The van der Waals surface area contributed by atoms with Crippen LogP contribution < -0.4 is 10.1 Å². The normalized spacial score (nSPS) is 10.2. The van der Waals surface area contributed by atoms with Crippen LogP contribution in [0.25, 0.3) is 0 Å². The van der Waals surface area contributed by atoms with Gasteiger partial charge < -0.3 is 15.2 Å². The Bertz CT molecular complexity index is 656. The Kier molecular flexibility index (Phi) is 3.89. The van der Waals surface area contributed by atoms with E-state index in [1.165, 1.54) is 25.3 Å². The van der Waals surface area contributed by atoms with E-state index in [-0.39, 0.29) is 11.3 Å². The second kappa shape index (κ2) is 5.61. The highest BCUT2D eigenvalue weighted by Crippen LogP contribution is 2.28. The van der Waals surface area contributed by atoms with Gasteiger partial charge in [0.2, 0.25) is 0 Å². The molecule has 20 heavy (non-hydrogen) atoms. The molecule has 0 spiro atoms. The first-order valence-electron chi connectivity index (χ1n) is 5.96. The van der Waals surface area contributed by atoms with Crippen LogP contribution in [-0.2, 0) is 0 Å². The second-order valence-electron chi connectivity index (χ2n) is 4.28. The van der Waals surface area contributed by atoms with Crippen molar-refractivity contribution in [2.75, 3.05) is 12.4 Å². The SMILES string of the molecule is COc1ccc(NC(=O)c2cccc(C)c2F)cc1O. The predicted molar refractivity (Wildman–Crippen MR) is 73.7 cm³/mol. The molecule has 4 nitrogen and oxygen atoms in total. The van der Waals surface area contributed by atoms with Crippen LogP contribution in [0.15, 0.2) is 36.4 Å². The molecular formula is C15H14FNO3. The number of rotatable bonds is 3. The van der Waals surface area contributed by atoms with E-state index in [0.717, 1.165) is 0 Å². The maximum absolute atomic E-state index is 13.8. The van der Waals surface area contributed by atoms with Crippen LogP contribution in [0.5, 0.6) is 11.5 Å². The van der Waals surface area contributed by atoms with Gasteiger partial charge >= 0.3 is 0 Å². The van der Waals surface area contributed by atoms with E-state index in [9.17, 15) is 14.3 Å². The van der Waals surface area contributed by atoms with Crippen molar-refractivity contribution in [2.45, 2.75) is 6.92 Å². The highest BCUT2D eigenvalue weighted by atomic mass is 19.1. The molecule has 0 heterocycles. The van der Waals surface area contributed by atoms with Crippen molar-refractivity contribution in [3.05, 3.63) is 53.3 Å². The minimum Gasteiger partial charge on any atom is -0.504 e. The molecule has 0 aromatic heterocycles. The topological polar surface area (TPSA) is 58.6 Å². The van der Waals surface area contributed by atoms with Crippen LogP contribution in [0.2, 0.25) is 0 Å². The first-order valence-corrected chi connectivity index (χ1v) is 5.96. The number of carbonyl (C=O) groups is 1. The molecule has 0 bridgehead atoms. The number of phenolic OH excluding ortho intramolecular Hbond substituents is 1. The summed E-state index contributed by atoms with van der Waals surface area (Å²) in [5, 5.41) is 12.1. The Morgan fingerprint density at radius 2 is 2.05 bits per heavy atom. The minimum atomic E-state index is -0.573. The fraction of sp³-hybridized carbons (Fsp3) is 0.133. The summed E-state index contributed by atoms with van der Waals surface area (Å²) in [6.45, 7) is 1.59. The van der Waals surface area contributed by atoms with Crippen LogP contribution in [0.4, 0.5) is 10.1 Å². The molecule has 0 saturated heterocycles. The van der Waals surface area contributed by atoms with E-state index in [4.69, 9.17) is 4.74 Å². The highest BCUT2D eigenvalue weighted by Gasteiger charge is 2.14. The van der Waals surface area contributed by atoms with Gasteiger partial charge in [-0.3, -0.25) is 4.79 Å². The van der Waals surface area contributed by atoms with Gasteiger partial charge in [0.25, 0.3) is 5.91 Å². The largest absolute Gasteiger partial charge is 0.504 e. The number of methoxy groups -OCH3 is 1. The number of anilines is 1. The number of benzene rings is 2. The van der Waals surface area contributed by atoms with Gasteiger partial charge in [0.1, 0.15) is 5.82 Å². The summed E-state index contributed by atoms with van der Waals surface area (Å²) in [4.78, 5) is 12.0. The summed E-state index contributed by atoms with van der Waals surface area (Å²) in [7, 11) is 1.43. The number of amides is 1. The van der Waals surface area contributed by atoms with Crippen LogP contribution in [0.3, 0.4) is 0 Å². The third kappa shape index (κ3) is 2.71. The molecule has 0 unspecified atom stereocenters. The molecule has 0 saturated carbocycles. The lowest BCUT2D eigenvalue weighted by Gasteiger charge is -2.09. The van der Waals surface area contributed by atoms with Crippen molar-refractivity contribution in [3.63, 3.8) is 0 Å². The predicted octanol–water partition coefficient (Wildman–Crippen LogP) is 3.10. The van der Waals surface area contributed by atoms with E-state index in [1.807, 2.05) is 0 Å². The Morgan fingerprint density at radius 3 is 2.70 bits per heavy atom. The number of aromatic hydroxyl groups is 1. The van der Waals surface area contributed by atoms with E-state index in [2.05, 4.69) is 5.32 Å². The minimum absolute atomic E-state index is 0.0414. The average Bonchev–Trinajstić information content (AvgIpc) is 2.42. The van der Waals surface area contributed by atoms with Crippen LogP contribution in [0, 0.1) is 12.7 Å². The third-order valence-electron chi connectivity index (χ3n) is 2.87. The summed E-state index contributed by atoms with van der Waals surface area (Å²) < 4.78 is 18.7. The van der Waals surface area contributed by atoms with E-state index in [0.29, 0.717) is 17.0 Å². The molecule has 104 valence electrons. The summed E-state index contributed by atoms with van der Waals surface area (Å²) >= 11 is 0. The van der Waals surface area contributed by atoms with Crippen molar-refractivity contribution in [3.8, 4) is 11.5 Å². The molecule has 0 aliphatic rings. The number of hydrogen-bond donors (Lipinski definition) is 2. The molecule has 2 aromatic rings. The van der Waals surface area contributed by atoms with Crippen molar-refractivity contribution in [2.24, 2.45) is 0 Å². The first kappa shape index (κ1) is 13.9. The molecule has 0 aliphatic carbocycles. The van der Waals surface area contributed by atoms with Crippen LogP contribution in [0.1, 0.15) is 15.9 Å². The Balaban J connectivity index is 2.24. The van der Waals surface area contributed by atoms with Gasteiger partial charge in [-0.15, -0.1) is 0 Å². The molecule has 0 fully saturated rings. The van der Waals surface area contributed by atoms with Crippen LogP contribution in [-0.4, -0.2) is 18.1 Å². The molecular weight excluding hydrogens is 261 g/mol. The number of hydrogen-bond acceptors (Lipinski definition) is 3. The Morgan fingerprint density at radius 1 is 1.30 bits per heavy atom. The number of phenols is 1. The van der Waals surface area contributed by atoms with Gasteiger partial charge in [-0.25, -0.2) is 4.39 Å². The maximum Gasteiger partial charge on any atom is 0.258 e. The number of nitrogens with one attached hydrogen (secondary N) is 1. The highest BCUT2D eigenvalue weighted by molar-refractivity contribution is 6.04. The summed E-state index contributed by atoms with van der Waals surface area (Å²) in [5.74, 6) is -0.932. The van der Waals surface area contributed by atoms with Crippen molar-refractivity contribution < 1.29 is 19.0 Å². The molecule has 0 atom stereocenters. The second-order valence-corrected chi connectivity index (χ2v) is 4.28. The number of ether oxygens (including phenoxy) is 1. The van der Waals surface area contributed by atoms with Crippen molar-refractivity contribution >= 4 is 11.6 Å². The van der Waals surface area contributed by atoms with Crippen molar-refractivity contribution in [1.82, 2.24) is 0 Å². The Hall–Kier alpha value is -2.56. The fourth-order valence-electron chi connectivity index (χ4n) is 1.79. The number of carbonyl (C=O) groups excluding carboxylic acids is 1. The fourth-order valence-corrected chi connectivity index (χ4v) is 1.79. The van der Waals surface area contributed by atoms with E-state index in [1.54, 1.807) is 25.1 Å². The molecule has 5 heteroatoms. The van der Waals surface area contributed by atoms with E-state index < -0.39 is 11.7 Å². The lowest BCUT2D eigenvalue weighted by Crippen LogP contribution is -2.14. The Labute approximate surface area is 115 Å². The lowest BCUT2D eigenvalue weighted by atomic mass is 10.1. The standard InChI is InChI=1S/C15H14FNO3/c1-9-4-3-5-11(14(9)16)15(19)17-10-6-7-13(20-2)12(18)8-10/h3-8,18H,1-2H3,(H,17,19). The summed E-state index contributed by atoms with van der Waals surface area (Å²) in [6.07, 6.45) is 0. The molecule has 0 aliphatic heterocycles. The third-order valence-corrected chi connectivity index (χ3v) is 2.87. The smallest absolute Gasteiger partial charge is 0.258 e. The monoisotopic (exact) mass is 275 g/mol. The molecule has 2 N–H and O–H groups in total. The lowest BCUT2D eigenvalue weighted by molar-refractivity contribution is 0.102. The molecule has 2 rings (SSSR count). The number of halogens is 1. The van der Waals surface area contributed by atoms with Gasteiger partial charge in [-0.1, -0.05) is 12.1 Å². The van der Waals surface area contributed by atoms with Gasteiger partial charge in [0.05, 0.1) is 12.7 Å². The number of aryl methyl sites for hydroxylation is 1. The average molecular weight is 275 g/mol. The maximum atomic E-state index is 13.8.